The third kappa shape index (κ3) is 62.6. The summed E-state index contributed by atoms with van der Waals surface area (Å²) in [6.07, 6.45) is 46.8. The molecule has 0 bridgehead atoms. The van der Waals surface area contributed by atoms with Gasteiger partial charge >= 0.3 is 0 Å². The molecule has 0 aromatic heterocycles. The molecule has 468 valence electrons. The maximum absolute atomic E-state index is 6.32. The van der Waals surface area contributed by atoms with E-state index in [4.69, 9.17) is 24.9 Å². The topological polar surface area (TPSA) is 18.5 Å². The molecule has 4 aromatic rings. The van der Waals surface area contributed by atoms with Gasteiger partial charge in [-0.3, -0.25) is 0 Å². The van der Waals surface area contributed by atoms with Gasteiger partial charge in [0.25, 0.3) is 0 Å². The molecule has 0 amide bonds. The molecule has 0 heterocycles. The van der Waals surface area contributed by atoms with E-state index in [1.165, 1.54) is 213 Å². The van der Waals surface area contributed by atoms with Crippen LogP contribution in [0.25, 0.3) is 0 Å². The molecule has 0 saturated heterocycles. The Morgan fingerprint density at radius 1 is 0.321 bits per heavy atom. The summed E-state index contributed by atoms with van der Waals surface area (Å²) in [5.41, 5.74) is 8.64. The molecule has 4 aromatic carbocycles. The third-order valence-corrected chi connectivity index (χ3v) is 14.1. The van der Waals surface area contributed by atoms with E-state index in [0.29, 0.717) is 0 Å². The Kier molecular flexibility index (Phi) is 87.4. The summed E-state index contributed by atoms with van der Waals surface area (Å²) < 4.78 is 12.6. The van der Waals surface area contributed by atoms with Crippen molar-refractivity contribution in [1.29, 1.82) is 0 Å². The van der Waals surface area contributed by atoms with Crippen molar-refractivity contribution in [2.45, 2.75) is 299 Å². The number of unbranched alkanes of at least 4 members (excludes halogenated alkanes) is 20. The van der Waals surface area contributed by atoms with Crippen LogP contribution in [0.5, 0.6) is 11.5 Å². The largest absolute Gasteiger partial charge is 0.493 e. The molecule has 2 nitrogen and oxygen atoms in total. The zero-order valence-electron chi connectivity index (χ0n) is 57.2. The van der Waals surface area contributed by atoms with Crippen LogP contribution in [-0.4, -0.2) is 43.0 Å². The Hall–Kier alpha value is -1.05. The second kappa shape index (κ2) is 78.0. The van der Waals surface area contributed by atoms with Gasteiger partial charge in [-0.15, -0.1) is 0 Å². The summed E-state index contributed by atoms with van der Waals surface area (Å²) in [6, 6.07) is 35.5. The number of hydrogen-bond donors (Lipinski definition) is 0. The van der Waals surface area contributed by atoms with Crippen molar-refractivity contribution in [3.8, 4) is 11.5 Å². The Morgan fingerprint density at radius 2 is 0.619 bits per heavy atom. The minimum atomic E-state index is 0. The predicted octanol–water partition coefficient (Wildman–Crippen LogP) is 23.6. The average Bonchev–Trinajstić information content (AvgIpc) is 3.57. The van der Waals surface area contributed by atoms with E-state index < -0.39 is 0 Å². The van der Waals surface area contributed by atoms with Crippen molar-refractivity contribution in [2.75, 3.05) is 13.2 Å². The molecule has 0 aliphatic carbocycles. The molecular formula is C76H130B4O2Y2-4. The van der Waals surface area contributed by atoms with Crippen molar-refractivity contribution < 1.29 is 74.9 Å². The van der Waals surface area contributed by atoms with Crippen LogP contribution >= 0.6 is 0 Å². The maximum atomic E-state index is 6.32. The van der Waals surface area contributed by atoms with E-state index in [0.717, 1.165) is 88.7 Å². The van der Waals surface area contributed by atoms with Crippen molar-refractivity contribution >= 4 is 29.8 Å². The second-order valence-electron chi connectivity index (χ2n) is 21.9. The van der Waals surface area contributed by atoms with Crippen molar-refractivity contribution in [1.82, 2.24) is 0 Å². The van der Waals surface area contributed by atoms with Crippen LogP contribution in [-0.2, 0) is 104 Å². The normalized spacial score (nSPS) is 9.74. The summed E-state index contributed by atoms with van der Waals surface area (Å²) >= 11 is 0. The zero-order valence-corrected chi connectivity index (χ0v) is 62.9. The number of aryl methyl sites for hydroxylation is 6. The standard InChI is InChI=1S/C41H67B2O2.C16H18.C5H12.C4H9B2.2C4H9.2CH3.2Y/c1-4-7-10-12-14-16-23-36-27-29-40(44-32-21-9-6-3)38(34-36)25-18-19-26-39-35-37(24-17-15-13-11-8-5-2)28-30-41(39)45-33-22-20-31-43-42;1-3-9-15(10-4-1)13-7-8-14-16-11-5-2-6-12-16;1-3-5-4-2;1-2-3-4-6-5;2*1-3-4-2;;;;/h27-30,34-35H,4-26,31-33H2,1-3H3;1-6,9-12H,7-8,13-14H2;3-5H2,1-2H3;2-4H2,1H3;2*1,3-4H2,2H3;2*1H3;;/q;;;;4*-1;;. The van der Waals surface area contributed by atoms with E-state index in [2.05, 4.69) is 166 Å². The molecule has 0 unspecified atom stereocenters. The fraction of sp³-hybridized carbons (Fsp3) is 0.632. The van der Waals surface area contributed by atoms with Gasteiger partial charge in [0.15, 0.2) is 0 Å². The Bertz CT molecular complexity index is 1740. The molecule has 0 atom stereocenters. The smallest absolute Gasteiger partial charge is 0.122 e. The molecule has 84 heavy (non-hydrogen) atoms. The molecule has 0 spiro atoms. The van der Waals surface area contributed by atoms with Gasteiger partial charge in [-0.1, -0.05) is 281 Å². The Morgan fingerprint density at radius 3 is 0.952 bits per heavy atom. The molecule has 0 saturated carbocycles. The molecule has 8 heteroatoms. The van der Waals surface area contributed by atoms with E-state index in [1.807, 2.05) is 0 Å². The molecule has 8 radical (unpaired) electrons. The van der Waals surface area contributed by atoms with Crippen LogP contribution in [0.1, 0.15) is 281 Å². The van der Waals surface area contributed by atoms with Crippen LogP contribution < -0.4 is 9.47 Å². The van der Waals surface area contributed by atoms with Crippen LogP contribution in [0.3, 0.4) is 0 Å². The predicted molar refractivity (Wildman–Crippen MR) is 379 cm³/mol. The minimum Gasteiger partial charge on any atom is -0.493 e. The molecule has 4 rings (SSSR count). The zero-order chi connectivity index (χ0) is 59.0. The van der Waals surface area contributed by atoms with Gasteiger partial charge in [0.05, 0.1) is 27.6 Å². The van der Waals surface area contributed by atoms with Crippen molar-refractivity contribution in [3.05, 3.63) is 159 Å². The first-order valence-corrected chi connectivity index (χ1v) is 33.5. The summed E-state index contributed by atoms with van der Waals surface area (Å²) in [5, 5.41) is 0. The van der Waals surface area contributed by atoms with Gasteiger partial charge < -0.3 is 38.2 Å². The minimum absolute atomic E-state index is 0. The van der Waals surface area contributed by atoms with Gasteiger partial charge in [-0.2, -0.15) is 12.8 Å². The first kappa shape index (κ1) is 94.1. The molecule has 0 N–H and O–H groups in total. The molecule has 0 fully saturated rings. The number of rotatable bonds is 42. The summed E-state index contributed by atoms with van der Waals surface area (Å²) in [7, 11) is 14.1. The number of ether oxygens (including phenoxy) is 2. The SMILES string of the molecule is CCCCC.[B][B]CCCC.[B][B]CCCCOc1ccc(CCCCCCCC)cc1CCCCc1cc(CCCCCCCC)ccc1OCCCCC.[CH2-]CCC.[CH2-]CCC.[CH3-].[CH3-].[Y].[Y].c1ccc(CCCCc2ccccc2)cc1. The van der Waals surface area contributed by atoms with Gasteiger partial charge in [-0.05, 0) is 135 Å². The Balaban J connectivity index is -0.000000316. The second-order valence-corrected chi connectivity index (χ2v) is 21.9. The van der Waals surface area contributed by atoms with E-state index in [-0.39, 0.29) is 80.3 Å². The quantitative estimate of drug-likeness (QED) is 0.0250. The van der Waals surface area contributed by atoms with Crippen LogP contribution in [0.15, 0.2) is 97.1 Å². The van der Waals surface area contributed by atoms with E-state index in [9.17, 15) is 0 Å². The summed E-state index contributed by atoms with van der Waals surface area (Å²) in [6.45, 7) is 26.5. The van der Waals surface area contributed by atoms with E-state index in [1.54, 1.807) is 14.3 Å². The summed E-state index contributed by atoms with van der Waals surface area (Å²) in [4.78, 5) is 0. The molecule has 0 aliphatic rings. The van der Waals surface area contributed by atoms with Gasteiger partial charge in [0, 0.05) is 80.9 Å². The fourth-order valence-electron chi connectivity index (χ4n) is 8.80. The first-order valence-electron chi connectivity index (χ1n) is 33.5. The fourth-order valence-corrected chi connectivity index (χ4v) is 8.80. The number of benzene rings is 4. The van der Waals surface area contributed by atoms with Crippen LogP contribution in [0.4, 0.5) is 0 Å². The van der Waals surface area contributed by atoms with Gasteiger partial charge in [0.2, 0.25) is 0 Å². The van der Waals surface area contributed by atoms with Crippen molar-refractivity contribution in [2.24, 2.45) is 0 Å². The van der Waals surface area contributed by atoms with Crippen LogP contribution in [0.2, 0.25) is 12.6 Å². The van der Waals surface area contributed by atoms with E-state index >= 15 is 0 Å². The molecular weight excluding hydrogens is 1170 g/mol. The Labute approximate surface area is 582 Å². The maximum Gasteiger partial charge on any atom is 0.122 e. The molecule has 0 aliphatic heterocycles. The first-order chi connectivity index (χ1) is 39.3. The van der Waals surface area contributed by atoms with Gasteiger partial charge in [0.1, 0.15) is 11.5 Å². The van der Waals surface area contributed by atoms with Gasteiger partial charge in [-0.25, -0.2) is 0 Å². The average molecular weight is 1300 g/mol. The number of hydrogen-bond acceptors (Lipinski definition) is 2. The summed E-state index contributed by atoms with van der Waals surface area (Å²) in [5.74, 6) is 2.19. The van der Waals surface area contributed by atoms with Crippen molar-refractivity contribution in [3.63, 3.8) is 0 Å². The monoisotopic (exact) mass is 1300 g/mol. The van der Waals surface area contributed by atoms with Crippen LogP contribution in [0, 0.1) is 28.7 Å². The third-order valence-electron chi connectivity index (χ3n) is 14.1.